The van der Waals surface area contributed by atoms with E-state index < -0.39 is 45.9 Å². The molecule has 19 heteroatoms. The first-order valence-corrected chi connectivity index (χ1v) is 18.5. The van der Waals surface area contributed by atoms with E-state index >= 15 is 0 Å². The van der Waals surface area contributed by atoms with Crippen LogP contribution in [0.15, 0.2) is 84.8 Å². The highest BCUT2D eigenvalue weighted by atomic mass is 32.2. The highest BCUT2D eigenvalue weighted by molar-refractivity contribution is 7.87. The van der Waals surface area contributed by atoms with Crippen molar-refractivity contribution in [2.75, 3.05) is 24.7 Å². The monoisotopic (exact) mass is 721 g/mol. The van der Waals surface area contributed by atoms with E-state index in [-0.39, 0.29) is 41.8 Å². The topological polar surface area (TPSA) is 257 Å². The number of rotatable bonds is 13. The second-order valence-electron chi connectivity index (χ2n) is 10.4. The summed E-state index contributed by atoms with van der Waals surface area (Å²) in [6, 6.07) is 12.2. The Morgan fingerprint density at radius 1 is 0.708 bits per heavy atom. The van der Waals surface area contributed by atoms with Crippen LogP contribution in [-0.2, 0) is 30.4 Å². The Morgan fingerprint density at radius 3 is 1.96 bits per heavy atom. The van der Waals surface area contributed by atoms with Crippen molar-refractivity contribution in [2.45, 2.75) is 37.0 Å². The van der Waals surface area contributed by atoms with Gasteiger partial charge in [0.1, 0.15) is 22.1 Å². The van der Waals surface area contributed by atoms with E-state index in [0.29, 0.717) is 45.7 Å². The molecule has 48 heavy (non-hydrogen) atoms. The molecule has 0 radical (unpaired) electrons. The van der Waals surface area contributed by atoms with Crippen molar-refractivity contribution in [2.24, 2.45) is 20.5 Å². The van der Waals surface area contributed by atoms with Crippen molar-refractivity contribution in [3.05, 3.63) is 65.7 Å². The number of hydrogen-bond donors (Lipinski definition) is 4. The molecule has 256 valence electrons. The van der Waals surface area contributed by atoms with E-state index in [0.717, 1.165) is 6.07 Å². The maximum Gasteiger partial charge on any atom is 0.295 e. The molecule has 0 atom stereocenters. The van der Waals surface area contributed by atoms with Crippen molar-refractivity contribution in [3.8, 4) is 11.5 Å². The Morgan fingerprint density at radius 2 is 1.33 bits per heavy atom. The summed E-state index contributed by atoms with van der Waals surface area (Å²) in [6.45, 7) is 5.55. The lowest BCUT2D eigenvalue weighted by atomic mass is 10.1. The molecule has 0 bridgehead atoms. The van der Waals surface area contributed by atoms with E-state index in [1.165, 1.54) is 18.2 Å². The average molecular weight is 722 g/mol. The Bertz CT molecular complexity index is 2270. The fraction of sp³-hybridized carbons (Fsp3) is 0.241. The lowest BCUT2D eigenvalue weighted by Crippen LogP contribution is -2.09. The van der Waals surface area contributed by atoms with Gasteiger partial charge in [0.05, 0.1) is 46.6 Å². The fourth-order valence-electron chi connectivity index (χ4n) is 4.40. The molecule has 0 saturated carbocycles. The lowest BCUT2D eigenvalue weighted by Gasteiger charge is -2.11. The minimum Gasteiger partial charge on any atom is -0.491 e. The van der Waals surface area contributed by atoms with Gasteiger partial charge in [0.25, 0.3) is 30.4 Å². The van der Waals surface area contributed by atoms with Crippen molar-refractivity contribution < 1.29 is 48.4 Å². The van der Waals surface area contributed by atoms with Gasteiger partial charge < -0.3 is 15.2 Å². The normalized spacial score (nSPS) is 12.7. The molecule has 4 rings (SSSR count). The third-order valence-corrected chi connectivity index (χ3v) is 9.23. The van der Waals surface area contributed by atoms with Gasteiger partial charge in [-0.1, -0.05) is 6.07 Å². The minimum absolute atomic E-state index is 0.0107. The predicted octanol–water partition coefficient (Wildman–Crippen LogP) is 6.42. The fourth-order valence-corrected chi connectivity index (χ4v) is 6.23. The first-order chi connectivity index (χ1) is 22.4. The zero-order chi connectivity index (χ0) is 35.4. The summed E-state index contributed by atoms with van der Waals surface area (Å²) in [4.78, 5) is -1.44. The summed E-state index contributed by atoms with van der Waals surface area (Å²) in [5, 5.41) is 17.2. The maximum atomic E-state index is 12.0. The summed E-state index contributed by atoms with van der Waals surface area (Å²) in [6.07, 6.45) is 0.0496. The van der Waals surface area contributed by atoms with Crippen molar-refractivity contribution in [1.82, 2.24) is 0 Å². The molecule has 0 amide bonds. The number of nitrogens with two attached hydrogens (primary N) is 1. The number of hydrogen-bond acceptors (Lipinski definition) is 13. The standard InChI is InChI=1S/C29H31N5O11S3/c1-4-44-28-16-25(32-31-20-7-6-19-12-21(47(38,39)40)14-29(22(19)13-20)48(41,42)43)18(3)11-26(28)34-33-24-15-27(23(30)10-17(24)2)45-8-5-9-46(35,36)37/h6-7,10-16H,4-5,8-9,30H2,1-3H3,(H,35,36,37)(H,38,39,40)(H,41,42,43). The number of nitrogen functional groups attached to an aromatic ring is 1. The van der Waals surface area contributed by atoms with Gasteiger partial charge in [0.2, 0.25) is 0 Å². The van der Waals surface area contributed by atoms with Gasteiger partial charge in [0.15, 0.2) is 0 Å². The van der Waals surface area contributed by atoms with E-state index in [1.54, 1.807) is 45.0 Å². The van der Waals surface area contributed by atoms with Crippen LogP contribution in [0.1, 0.15) is 24.5 Å². The summed E-state index contributed by atoms with van der Waals surface area (Å²) in [7, 11) is -13.8. The van der Waals surface area contributed by atoms with Crippen LogP contribution < -0.4 is 15.2 Å². The third-order valence-electron chi connectivity index (χ3n) is 6.70. The van der Waals surface area contributed by atoms with E-state index in [9.17, 15) is 34.4 Å². The number of fused-ring (bicyclic) bond motifs is 1. The van der Waals surface area contributed by atoms with Crippen LogP contribution in [0.5, 0.6) is 11.5 Å². The van der Waals surface area contributed by atoms with Crippen LogP contribution in [0.4, 0.5) is 28.4 Å². The van der Waals surface area contributed by atoms with Crippen LogP contribution in [0.2, 0.25) is 0 Å². The second kappa shape index (κ2) is 14.3. The minimum atomic E-state index is -4.89. The van der Waals surface area contributed by atoms with Crippen LogP contribution >= 0.6 is 0 Å². The summed E-state index contributed by atoms with van der Waals surface area (Å²) >= 11 is 0. The molecule has 5 N–H and O–H groups in total. The van der Waals surface area contributed by atoms with Crippen LogP contribution in [0.25, 0.3) is 10.8 Å². The molecule has 4 aromatic rings. The molecule has 0 fully saturated rings. The zero-order valence-corrected chi connectivity index (χ0v) is 28.2. The zero-order valence-electron chi connectivity index (χ0n) is 25.7. The Labute approximate surface area is 276 Å². The quantitative estimate of drug-likeness (QED) is 0.0505. The predicted molar refractivity (Wildman–Crippen MR) is 176 cm³/mol. The summed E-state index contributed by atoms with van der Waals surface area (Å²) in [5.74, 6) is 0.122. The second-order valence-corrected chi connectivity index (χ2v) is 14.8. The first-order valence-electron chi connectivity index (χ1n) is 14.0. The van der Waals surface area contributed by atoms with Gasteiger partial charge in [-0.25, -0.2) is 0 Å². The number of benzene rings is 4. The molecule has 0 aliphatic heterocycles. The SMILES string of the molecule is CCOc1cc(N=Nc2ccc3cc(S(=O)(=O)O)cc(S(=O)(=O)O)c3c2)c(C)cc1N=Nc1cc(OCCCS(=O)(=O)O)c(N)cc1C. The number of azo groups is 2. The van der Waals surface area contributed by atoms with Crippen molar-refractivity contribution in [3.63, 3.8) is 0 Å². The molecule has 16 nitrogen and oxygen atoms in total. The molecule has 0 aliphatic rings. The van der Waals surface area contributed by atoms with Gasteiger partial charge in [-0.05, 0) is 80.1 Å². The maximum absolute atomic E-state index is 12.0. The van der Waals surface area contributed by atoms with E-state index in [2.05, 4.69) is 20.5 Å². The molecule has 0 spiro atoms. The van der Waals surface area contributed by atoms with Crippen molar-refractivity contribution >= 4 is 69.6 Å². The number of anilines is 1. The third kappa shape index (κ3) is 9.30. The van der Waals surface area contributed by atoms with Gasteiger partial charge in [-0.3, -0.25) is 13.7 Å². The average Bonchev–Trinajstić information content (AvgIpc) is 2.98. The molecular formula is C29H31N5O11S3. The van der Waals surface area contributed by atoms with Crippen LogP contribution in [-0.4, -0.2) is 57.9 Å². The number of ether oxygens (including phenoxy) is 2. The van der Waals surface area contributed by atoms with Gasteiger partial charge >= 0.3 is 0 Å². The summed E-state index contributed by atoms with van der Waals surface area (Å²) < 4.78 is 109. The molecule has 4 aromatic carbocycles. The van der Waals surface area contributed by atoms with Crippen LogP contribution in [0, 0.1) is 13.8 Å². The number of aryl methyl sites for hydroxylation is 2. The Hall–Kier alpha value is -4.53. The summed E-state index contributed by atoms with van der Waals surface area (Å²) in [5.41, 5.74) is 8.97. The molecule has 0 saturated heterocycles. The van der Waals surface area contributed by atoms with E-state index in [4.69, 9.17) is 19.8 Å². The van der Waals surface area contributed by atoms with Crippen LogP contribution in [0.3, 0.4) is 0 Å². The largest absolute Gasteiger partial charge is 0.491 e. The van der Waals surface area contributed by atoms with Gasteiger partial charge in [0, 0.05) is 17.5 Å². The number of nitrogens with zero attached hydrogens (tertiary/aromatic N) is 4. The van der Waals surface area contributed by atoms with Gasteiger partial charge in [-0.2, -0.15) is 40.6 Å². The highest BCUT2D eigenvalue weighted by Gasteiger charge is 2.21. The molecule has 0 heterocycles. The lowest BCUT2D eigenvalue weighted by molar-refractivity contribution is 0.318. The molecular weight excluding hydrogens is 691 g/mol. The van der Waals surface area contributed by atoms with Crippen molar-refractivity contribution in [1.29, 1.82) is 0 Å². The Balaban J connectivity index is 1.64. The molecule has 0 aliphatic carbocycles. The Kier molecular flexibility index (Phi) is 10.8. The van der Waals surface area contributed by atoms with E-state index in [1.807, 2.05) is 0 Å². The molecule has 0 unspecified atom stereocenters. The highest BCUT2D eigenvalue weighted by Crippen LogP contribution is 2.39. The first kappa shape index (κ1) is 36.3. The smallest absolute Gasteiger partial charge is 0.295 e. The molecule has 0 aromatic heterocycles. The van der Waals surface area contributed by atoms with Gasteiger partial charge in [-0.15, -0.1) is 5.11 Å².